The number of rotatable bonds is 3. The van der Waals surface area contributed by atoms with Crippen LogP contribution in [-0.4, -0.2) is 39.4 Å². The maximum atomic E-state index is 10.9. The van der Waals surface area contributed by atoms with E-state index in [1.165, 1.54) is 18.7 Å². The lowest BCUT2D eigenvalue weighted by Crippen LogP contribution is -2.29. The second kappa shape index (κ2) is 4.64. The molecule has 0 aliphatic carbocycles. The second-order valence-electron chi connectivity index (χ2n) is 2.58. The van der Waals surface area contributed by atoms with Crippen molar-refractivity contribution in [3.8, 4) is 0 Å². The highest BCUT2D eigenvalue weighted by Crippen LogP contribution is 2.15. The van der Waals surface area contributed by atoms with Gasteiger partial charge in [-0.2, -0.15) is 0 Å². The minimum atomic E-state index is -1.62. The molecule has 14 heavy (non-hydrogen) atoms. The highest BCUT2D eigenvalue weighted by Gasteiger charge is 2.26. The molecule has 1 aromatic rings. The zero-order valence-corrected chi connectivity index (χ0v) is 7.49. The largest absolute Gasteiger partial charge is 0.467 e. The maximum absolute atomic E-state index is 10.9. The molecule has 2 N–H and O–H groups in total. The monoisotopic (exact) mass is 198 g/mol. The summed E-state index contributed by atoms with van der Waals surface area (Å²) >= 11 is 0. The Kier molecular flexibility index (Phi) is 3.49. The molecule has 0 bridgehead atoms. The summed E-state index contributed by atoms with van der Waals surface area (Å²) in [5, 5.41) is 18.7. The van der Waals surface area contributed by atoms with E-state index in [4.69, 9.17) is 0 Å². The Morgan fingerprint density at radius 1 is 1.43 bits per heavy atom. The number of carbonyl (C=O) groups is 1. The smallest absolute Gasteiger partial charge is 0.337 e. The van der Waals surface area contributed by atoms with Crippen molar-refractivity contribution in [2.45, 2.75) is 12.2 Å². The summed E-state index contributed by atoms with van der Waals surface area (Å²) in [7, 11) is 1.12. The van der Waals surface area contributed by atoms with Crippen LogP contribution in [0.2, 0.25) is 0 Å². The van der Waals surface area contributed by atoms with Crippen molar-refractivity contribution in [2.75, 3.05) is 7.11 Å². The molecule has 0 saturated carbocycles. The van der Waals surface area contributed by atoms with Gasteiger partial charge in [-0.15, -0.1) is 0 Å². The number of aliphatic hydroxyl groups excluding tert-OH is 2. The average molecular weight is 198 g/mol. The molecule has 0 saturated heterocycles. The van der Waals surface area contributed by atoms with Gasteiger partial charge in [0.15, 0.2) is 6.10 Å². The first-order chi connectivity index (χ1) is 6.66. The van der Waals surface area contributed by atoms with Gasteiger partial charge in [0, 0.05) is 18.0 Å². The molecule has 0 fully saturated rings. The number of aliphatic hydroxyl groups is 2. The van der Waals surface area contributed by atoms with Gasteiger partial charge in [0.25, 0.3) is 0 Å². The van der Waals surface area contributed by atoms with Crippen LogP contribution in [0.5, 0.6) is 0 Å². The molecule has 0 amide bonds. The topological polar surface area (TPSA) is 92.5 Å². The molecule has 2 unspecified atom stereocenters. The molecular weight excluding hydrogens is 188 g/mol. The van der Waals surface area contributed by atoms with E-state index < -0.39 is 18.2 Å². The Bertz CT molecular complexity index is 303. The molecule has 2 atom stereocenters. The maximum Gasteiger partial charge on any atom is 0.337 e. The Morgan fingerprint density at radius 3 is 2.50 bits per heavy atom. The van der Waals surface area contributed by atoms with E-state index in [0.29, 0.717) is 0 Å². The van der Waals surface area contributed by atoms with Crippen molar-refractivity contribution in [3.05, 3.63) is 24.3 Å². The lowest BCUT2D eigenvalue weighted by Gasteiger charge is -2.14. The SMILES string of the molecule is COC(=O)C(O)C(O)c1cncnc1. The van der Waals surface area contributed by atoms with Crippen molar-refractivity contribution in [1.82, 2.24) is 9.97 Å². The Hall–Kier alpha value is -1.53. The lowest BCUT2D eigenvalue weighted by molar-refractivity contribution is -0.156. The van der Waals surface area contributed by atoms with E-state index in [9.17, 15) is 15.0 Å². The molecule has 0 aliphatic rings. The minimum absolute atomic E-state index is 0.255. The standard InChI is InChI=1S/C8H10N2O4/c1-14-8(13)7(12)6(11)5-2-9-4-10-3-5/h2-4,6-7,11-12H,1H3. The Labute approximate surface area is 80.2 Å². The average Bonchev–Trinajstić information content (AvgIpc) is 2.27. The van der Waals surface area contributed by atoms with Gasteiger partial charge in [-0.1, -0.05) is 0 Å². The molecule has 0 spiro atoms. The predicted molar refractivity (Wildman–Crippen MR) is 45.0 cm³/mol. The van der Waals surface area contributed by atoms with E-state index in [0.717, 1.165) is 7.11 Å². The van der Waals surface area contributed by atoms with Crippen molar-refractivity contribution in [2.24, 2.45) is 0 Å². The number of esters is 1. The number of hydrogen-bond acceptors (Lipinski definition) is 6. The lowest BCUT2D eigenvalue weighted by atomic mass is 10.1. The third-order valence-corrected chi connectivity index (χ3v) is 1.66. The van der Waals surface area contributed by atoms with E-state index >= 15 is 0 Å². The van der Waals surface area contributed by atoms with Gasteiger partial charge in [0.05, 0.1) is 7.11 Å². The van der Waals surface area contributed by atoms with Crippen molar-refractivity contribution < 1.29 is 19.7 Å². The highest BCUT2D eigenvalue weighted by atomic mass is 16.5. The van der Waals surface area contributed by atoms with Crippen molar-refractivity contribution in [3.63, 3.8) is 0 Å². The van der Waals surface area contributed by atoms with Crippen molar-refractivity contribution in [1.29, 1.82) is 0 Å². The van der Waals surface area contributed by atoms with Crippen LogP contribution >= 0.6 is 0 Å². The summed E-state index contributed by atoms with van der Waals surface area (Å²) in [6.45, 7) is 0. The normalized spacial score (nSPS) is 14.5. The second-order valence-corrected chi connectivity index (χ2v) is 2.58. The summed E-state index contributed by atoms with van der Waals surface area (Å²) in [4.78, 5) is 18.1. The number of hydrogen-bond donors (Lipinski definition) is 2. The minimum Gasteiger partial charge on any atom is -0.467 e. The predicted octanol–water partition coefficient (Wildman–Crippen LogP) is -0.956. The number of aromatic nitrogens is 2. The van der Waals surface area contributed by atoms with Crippen LogP contribution < -0.4 is 0 Å². The van der Waals surface area contributed by atoms with Gasteiger partial charge >= 0.3 is 5.97 Å². The third kappa shape index (κ3) is 2.24. The van der Waals surface area contributed by atoms with E-state index in [-0.39, 0.29) is 5.56 Å². The van der Waals surface area contributed by atoms with Gasteiger partial charge in [-0.05, 0) is 0 Å². The molecule has 76 valence electrons. The van der Waals surface area contributed by atoms with Gasteiger partial charge in [0.2, 0.25) is 0 Å². The molecule has 1 aromatic heterocycles. The van der Waals surface area contributed by atoms with Crippen LogP contribution in [-0.2, 0) is 9.53 Å². The fourth-order valence-corrected chi connectivity index (χ4v) is 0.895. The quantitative estimate of drug-likeness (QED) is 0.608. The first-order valence-corrected chi connectivity index (χ1v) is 3.85. The van der Waals surface area contributed by atoms with Gasteiger partial charge in [0.1, 0.15) is 12.4 Å². The third-order valence-electron chi connectivity index (χ3n) is 1.66. The van der Waals surface area contributed by atoms with Gasteiger partial charge < -0.3 is 14.9 Å². The summed E-state index contributed by atoms with van der Waals surface area (Å²) in [6, 6.07) is 0. The summed E-state index contributed by atoms with van der Waals surface area (Å²) in [5.74, 6) is -0.902. The Balaban J connectivity index is 2.75. The summed E-state index contributed by atoms with van der Waals surface area (Å²) in [6.07, 6.45) is 0.906. The van der Waals surface area contributed by atoms with Crippen LogP contribution in [0.1, 0.15) is 11.7 Å². The molecule has 0 aromatic carbocycles. The van der Waals surface area contributed by atoms with Crippen LogP contribution in [0.3, 0.4) is 0 Å². The molecule has 6 nitrogen and oxygen atoms in total. The summed E-state index contributed by atoms with van der Waals surface area (Å²) < 4.78 is 4.26. The van der Waals surface area contributed by atoms with Gasteiger partial charge in [-0.3, -0.25) is 0 Å². The Morgan fingerprint density at radius 2 is 2.00 bits per heavy atom. The summed E-state index contributed by atoms with van der Waals surface area (Å²) in [5.41, 5.74) is 0.255. The van der Waals surface area contributed by atoms with Gasteiger partial charge in [-0.25, -0.2) is 14.8 Å². The number of nitrogens with zero attached hydrogens (tertiary/aromatic N) is 2. The van der Waals surface area contributed by atoms with Crippen LogP contribution in [0.15, 0.2) is 18.7 Å². The van der Waals surface area contributed by atoms with E-state index in [1.807, 2.05) is 0 Å². The zero-order chi connectivity index (χ0) is 10.6. The molecular formula is C8H10N2O4. The van der Waals surface area contributed by atoms with Crippen LogP contribution in [0.25, 0.3) is 0 Å². The van der Waals surface area contributed by atoms with Crippen molar-refractivity contribution >= 4 is 5.97 Å². The highest BCUT2D eigenvalue weighted by molar-refractivity contribution is 5.75. The number of ether oxygens (including phenoxy) is 1. The fourth-order valence-electron chi connectivity index (χ4n) is 0.895. The zero-order valence-electron chi connectivity index (χ0n) is 7.49. The first-order valence-electron chi connectivity index (χ1n) is 3.85. The fraction of sp³-hybridized carbons (Fsp3) is 0.375. The molecule has 1 heterocycles. The number of methoxy groups -OCH3 is 1. The first kappa shape index (κ1) is 10.6. The molecule has 6 heteroatoms. The number of carbonyl (C=O) groups excluding carboxylic acids is 1. The van der Waals surface area contributed by atoms with Crippen LogP contribution in [0.4, 0.5) is 0 Å². The molecule has 0 radical (unpaired) electrons. The van der Waals surface area contributed by atoms with E-state index in [2.05, 4.69) is 14.7 Å². The van der Waals surface area contributed by atoms with E-state index in [1.54, 1.807) is 0 Å². The molecule has 1 rings (SSSR count). The molecule has 0 aliphatic heterocycles. The van der Waals surface area contributed by atoms with Crippen LogP contribution in [0, 0.1) is 0 Å².